The van der Waals surface area contributed by atoms with Crippen LogP contribution in [0.3, 0.4) is 0 Å². The van der Waals surface area contributed by atoms with Gasteiger partial charge in [0.2, 0.25) is 0 Å². The number of aromatic nitrogens is 1. The molecule has 2 heterocycles. The fourth-order valence-corrected chi connectivity index (χ4v) is 7.15. The van der Waals surface area contributed by atoms with Crippen molar-refractivity contribution in [2.24, 2.45) is 5.92 Å². The van der Waals surface area contributed by atoms with Crippen LogP contribution < -0.4 is 0 Å². The van der Waals surface area contributed by atoms with E-state index in [1.807, 2.05) is 67.2 Å². The van der Waals surface area contributed by atoms with Gasteiger partial charge in [0.25, 0.3) is 5.91 Å². The van der Waals surface area contributed by atoms with Gasteiger partial charge < -0.3 is 14.4 Å². The Morgan fingerprint density at radius 3 is 2.40 bits per heavy atom. The van der Waals surface area contributed by atoms with E-state index >= 15 is 0 Å². The van der Waals surface area contributed by atoms with Crippen molar-refractivity contribution in [3.8, 4) is 0 Å². The summed E-state index contributed by atoms with van der Waals surface area (Å²) in [7, 11) is 1.34. The maximum atomic E-state index is 14.9. The Bertz CT molecular complexity index is 1460. The van der Waals surface area contributed by atoms with Gasteiger partial charge in [-0.05, 0) is 73.2 Å². The third-order valence-corrected chi connectivity index (χ3v) is 9.89. The molecule has 43 heavy (non-hydrogen) atoms. The molecule has 3 aromatic rings. The zero-order valence-corrected chi connectivity index (χ0v) is 27.5. The molecule has 2 aromatic carbocycles. The lowest BCUT2D eigenvalue weighted by molar-refractivity contribution is -0.202. The number of halogens is 2. The van der Waals surface area contributed by atoms with Gasteiger partial charge in [-0.1, -0.05) is 68.2 Å². The number of hydrogen-bond donors (Lipinski definition) is 0. The van der Waals surface area contributed by atoms with Crippen molar-refractivity contribution in [3.05, 3.63) is 99.3 Å². The number of carbonyl (C=O) groups is 2. The van der Waals surface area contributed by atoms with Gasteiger partial charge in [-0.2, -0.15) is 11.8 Å². The molecule has 9 heteroatoms. The molecule has 2 fully saturated rings. The number of carbonyl (C=O) groups excluding carboxylic acids is 2. The van der Waals surface area contributed by atoms with Crippen LogP contribution in [0, 0.1) is 5.92 Å². The highest BCUT2D eigenvalue weighted by Gasteiger charge is 2.55. The van der Waals surface area contributed by atoms with Crippen molar-refractivity contribution in [2.75, 3.05) is 12.9 Å². The van der Waals surface area contributed by atoms with E-state index in [1.165, 1.54) is 13.3 Å². The van der Waals surface area contributed by atoms with Crippen LogP contribution >= 0.6 is 35.0 Å². The fraction of sp³-hybridized carbons (Fsp3) is 0.441. The number of benzene rings is 2. The van der Waals surface area contributed by atoms with Crippen LogP contribution in [-0.2, 0) is 20.7 Å². The molecule has 4 atom stereocenters. The van der Waals surface area contributed by atoms with E-state index in [-0.39, 0.29) is 23.1 Å². The Balaban J connectivity index is 1.62. The second kappa shape index (κ2) is 12.8. The van der Waals surface area contributed by atoms with Crippen molar-refractivity contribution in [1.29, 1.82) is 0 Å². The molecule has 1 aliphatic heterocycles. The van der Waals surface area contributed by atoms with E-state index in [2.05, 4.69) is 30.7 Å². The van der Waals surface area contributed by atoms with Gasteiger partial charge in [0.05, 0.1) is 18.7 Å². The number of morpholine rings is 1. The molecule has 0 radical (unpaired) electrons. The Labute approximate surface area is 268 Å². The van der Waals surface area contributed by atoms with Crippen molar-refractivity contribution in [2.45, 2.75) is 75.5 Å². The van der Waals surface area contributed by atoms with Crippen LogP contribution in [0.2, 0.25) is 10.0 Å². The first-order valence-corrected chi connectivity index (χ1v) is 16.3. The number of hydrogen-bond acceptors (Lipinski definition) is 6. The number of nitrogens with zero attached hydrogens (tertiary/aromatic N) is 2. The van der Waals surface area contributed by atoms with E-state index < -0.39 is 23.7 Å². The number of rotatable bonds is 9. The summed E-state index contributed by atoms with van der Waals surface area (Å²) >= 11 is 14.7. The molecule has 1 saturated heterocycles. The average Bonchev–Trinajstić information content (AvgIpc) is 3.81. The predicted octanol–water partition coefficient (Wildman–Crippen LogP) is 8.13. The molecule has 1 aromatic heterocycles. The molecule has 5 rings (SSSR count). The topological polar surface area (TPSA) is 68.7 Å². The smallest absolute Gasteiger partial charge is 0.339 e. The number of thioether (sulfide) groups is 1. The molecule has 228 valence electrons. The zero-order valence-electron chi connectivity index (χ0n) is 25.2. The lowest BCUT2D eigenvalue weighted by Crippen LogP contribution is -2.62. The molecule has 1 saturated carbocycles. The van der Waals surface area contributed by atoms with E-state index in [4.69, 9.17) is 32.7 Å². The quantitative estimate of drug-likeness (QED) is 0.220. The third kappa shape index (κ3) is 7.39. The molecular weight excluding hydrogens is 603 g/mol. The summed E-state index contributed by atoms with van der Waals surface area (Å²) in [5, 5.41) is 1.23. The maximum Gasteiger partial charge on any atom is 0.339 e. The normalized spacial score (nSPS) is 23.2. The number of methoxy groups -OCH3 is 1. The maximum absolute atomic E-state index is 14.9. The fourth-order valence-electron chi connectivity index (χ4n) is 5.72. The van der Waals surface area contributed by atoms with Crippen molar-refractivity contribution < 1.29 is 19.1 Å². The van der Waals surface area contributed by atoms with E-state index in [1.54, 1.807) is 12.1 Å². The summed E-state index contributed by atoms with van der Waals surface area (Å²) in [5.41, 5.74) is 1.61. The van der Waals surface area contributed by atoms with Crippen molar-refractivity contribution in [3.63, 3.8) is 0 Å². The first-order chi connectivity index (χ1) is 20.4. The highest BCUT2D eigenvalue weighted by molar-refractivity contribution is 8.00. The van der Waals surface area contributed by atoms with Gasteiger partial charge in [-0.25, -0.2) is 4.79 Å². The summed E-state index contributed by atoms with van der Waals surface area (Å²) in [4.78, 5) is 33.5. The average molecular weight is 642 g/mol. The van der Waals surface area contributed by atoms with E-state index in [9.17, 15) is 9.59 Å². The minimum absolute atomic E-state index is 0.0111. The van der Waals surface area contributed by atoms with Gasteiger partial charge in [0.1, 0.15) is 6.10 Å². The Morgan fingerprint density at radius 1 is 1.09 bits per heavy atom. The van der Waals surface area contributed by atoms with Crippen molar-refractivity contribution >= 4 is 46.8 Å². The zero-order chi connectivity index (χ0) is 30.9. The molecule has 6 nitrogen and oxygen atoms in total. The van der Waals surface area contributed by atoms with Crippen LogP contribution in [0.4, 0.5) is 0 Å². The summed E-state index contributed by atoms with van der Waals surface area (Å²) < 4.78 is 11.8. The number of pyridine rings is 1. The first-order valence-electron chi connectivity index (χ1n) is 14.6. The largest absolute Gasteiger partial charge is 0.465 e. The summed E-state index contributed by atoms with van der Waals surface area (Å²) in [6, 6.07) is 18.4. The Hall–Kier alpha value is -2.58. The van der Waals surface area contributed by atoms with E-state index in [0.29, 0.717) is 27.2 Å². The predicted molar refractivity (Wildman–Crippen MR) is 173 cm³/mol. The molecular formula is C34H38Cl2N2O4S. The number of amides is 1. The van der Waals surface area contributed by atoms with Gasteiger partial charge in [0.15, 0.2) is 5.60 Å². The molecule has 0 N–H and O–H groups in total. The third-order valence-electron chi connectivity index (χ3n) is 8.02. The van der Waals surface area contributed by atoms with Gasteiger partial charge >= 0.3 is 5.97 Å². The molecule has 0 unspecified atom stereocenters. The van der Waals surface area contributed by atoms with Gasteiger partial charge in [-0.15, -0.1) is 0 Å². The second-order valence-corrected chi connectivity index (χ2v) is 15.3. The Kier molecular flexibility index (Phi) is 9.48. The van der Waals surface area contributed by atoms with Gasteiger partial charge in [-0.3, -0.25) is 9.78 Å². The van der Waals surface area contributed by atoms with Crippen LogP contribution in [-0.4, -0.2) is 51.0 Å². The molecule has 0 bridgehead atoms. The molecule has 1 amide bonds. The summed E-state index contributed by atoms with van der Waals surface area (Å²) in [5.74, 6) is 0.690. The highest BCUT2D eigenvalue weighted by Crippen LogP contribution is 2.51. The lowest BCUT2D eigenvalue weighted by atomic mass is 9.85. The van der Waals surface area contributed by atoms with Crippen LogP contribution in [0.1, 0.15) is 79.9 Å². The molecule has 1 aliphatic carbocycles. The number of ether oxygens (including phenoxy) is 2. The SMILES string of the molecule is COC(=O)c1ccc(C[C@]2(C)O[C@H](c3cccc(Cl)c3)[C@@H](c3ccc(Cl)cc3)N([C@H](CSC(C)(C)C)C3CC3)C2=O)nc1. The first kappa shape index (κ1) is 31.8. The monoisotopic (exact) mass is 640 g/mol. The number of esters is 1. The molecule has 0 spiro atoms. The van der Waals surface area contributed by atoms with Gasteiger partial charge in [0, 0.05) is 44.9 Å². The van der Waals surface area contributed by atoms with E-state index in [0.717, 1.165) is 29.7 Å². The van der Waals surface area contributed by atoms with Crippen LogP contribution in [0.15, 0.2) is 66.9 Å². The minimum atomic E-state index is -1.23. The highest BCUT2D eigenvalue weighted by atomic mass is 35.5. The molecule has 2 aliphatic rings. The van der Waals surface area contributed by atoms with Crippen LogP contribution in [0.5, 0.6) is 0 Å². The summed E-state index contributed by atoms with van der Waals surface area (Å²) in [6.07, 6.45) is 3.38. The van der Waals surface area contributed by atoms with Crippen molar-refractivity contribution in [1.82, 2.24) is 9.88 Å². The minimum Gasteiger partial charge on any atom is -0.465 e. The van der Waals surface area contributed by atoms with Crippen LogP contribution in [0.25, 0.3) is 0 Å². The lowest BCUT2D eigenvalue weighted by Gasteiger charge is -2.52. The standard InChI is InChI=1S/C34H38Cl2N2O4S/c1-33(2,3)43-20-28(21-9-10-21)38-29(22-11-14-25(35)15-12-22)30(23-7-6-8-26(36)17-23)42-34(4,32(38)40)18-27-16-13-24(19-37-27)31(39)41-5/h6-8,11-17,19,21,28-30H,9-10,18,20H2,1-5H3/t28-,29-,30-,34+/m1/s1. The summed E-state index contributed by atoms with van der Waals surface area (Å²) in [6.45, 7) is 8.49. The second-order valence-electron chi connectivity index (χ2n) is 12.6. The Morgan fingerprint density at radius 2 is 1.81 bits per heavy atom.